The van der Waals surface area contributed by atoms with Gasteiger partial charge < -0.3 is 4.90 Å². The van der Waals surface area contributed by atoms with Gasteiger partial charge in [-0.1, -0.05) is 41.7 Å². The number of benzene rings is 2. The van der Waals surface area contributed by atoms with Crippen LogP contribution in [-0.4, -0.2) is 39.5 Å². The van der Waals surface area contributed by atoms with Gasteiger partial charge in [0.05, 0.1) is 11.1 Å². The fraction of sp³-hybridized carbons (Fsp3) is 0.273. The summed E-state index contributed by atoms with van der Waals surface area (Å²) in [6.45, 7) is -0.0000982. The normalized spacial score (nSPS) is 16.4. The summed E-state index contributed by atoms with van der Waals surface area (Å²) in [4.78, 5) is 26.8. The number of carbonyl (C=O) groups excluding carboxylic acids is 2. The molecule has 4 rings (SSSR count). The number of carbonyl (C=O) groups is 2. The zero-order chi connectivity index (χ0) is 25.4. The van der Waals surface area contributed by atoms with Gasteiger partial charge in [0.25, 0.3) is 5.91 Å². The van der Waals surface area contributed by atoms with Crippen LogP contribution >= 0.6 is 11.3 Å². The molecule has 0 bridgehead atoms. The van der Waals surface area contributed by atoms with Crippen LogP contribution < -0.4 is 5.32 Å². The van der Waals surface area contributed by atoms with Crippen molar-refractivity contribution in [2.24, 2.45) is 0 Å². The fourth-order valence-corrected chi connectivity index (χ4v) is 4.44. The summed E-state index contributed by atoms with van der Waals surface area (Å²) in [6.07, 6.45) is -9.65. The highest BCUT2D eigenvalue weighted by Crippen LogP contribution is 2.37. The number of hydrogen-bond donors (Lipinski definition) is 1. The predicted octanol–water partition coefficient (Wildman–Crippen LogP) is 5.49. The molecule has 0 radical (unpaired) electrons. The van der Waals surface area contributed by atoms with Crippen molar-refractivity contribution in [3.63, 3.8) is 0 Å². The minimum absolute atomic E-state index is 0.0000982. The van der Waals surface area contributed by atoms with Gasteiger partial charge in [0.15, 0.2) is 0 Å². The van der Waals surface area contributed by atoms with E-state index in [0.29, 0.717) is 23.6 Å². The molecule has 0 spiro atoms. The Bertz CT molecular complexity index is 1210. The molecule has 6 nitrogen and oxygen atoms in total. The molecule has 2 amide bonds. The molecule has 1 N–H and O–H groups in total. The molecule has 1 aliphatic heterocycles. The molecule has 1 aromatic heterocycles. The van der Waals surface area contributed by atoms with Crippen molar-refractivity contribution in [3.8, 4) is 10.6 Å². The van der Waals surface area contributed by atoms with Crippen LogP contribution in [0.4, 0.5) is 31.5 Å². The lowest BCUT2D eigenvalue weighted by Crippen LogP contribution is -2.43. The third-order valence-corrected chi connectivity index (χ3v) is 6.21. The van der Waals surface area contributed by atoms with Gasteiger partial charge in [-0.2, -0.15) is 26.3 Å². The van der Waals surface area contributed by atoms with Crippen molar-refractivity contribution < 1.29 is 35.9 Å². The standard InChI is InChI=1S/C22H16F6N4O2S/c23-21(24,25)14-9-13(10-15(11-14)22(26,27)28)19(34)32-8-4-7-16(32)17(33)29-20-31-30-18(35-20)12-5-2-1-3-6-12/h1-3,5-6,9-11,16H,4,7-8H2,(H,29,31,33)/t16-/m0/s1. The maximum atomic E-state index is 13.2. The Morgan fingerprint density at radius 2 is 1.57 bits per heavy atom. The van der Waals surface area contributed by atoms with E-state index in [1.165, 1.54) is 0 Å². The third-order valence-electron chi connectivity index (χ3n) is 5.33. The number of rotatable bonds is 4. The van der Waals surface area contributed by atoms with Gasteiger partial charge in [-0.15, -0.1) is 10.2 Å². The molecule has 184 valence electrons. The maximum Gasteiger partial charge on any atom is 0.416 e. The number of nitrogens with one attached hydrogen (secondary N) is 1. The van der Waals surface area contributed by atoms with E-state index in [1.54, 1.807) is 24.3 Å². The number of amides is 2. The first-order valence-electron chi connectivity index (χ1n) is 10.2. The van der Waals surface area contributed by atoms with E-state index in [1.807, 2.05) is 6.07 Å². The molecular weight excluding hydrogens is 498 g/mol. The van der Waals surface area contributed by atoms with Crippen LogP contribution in [0.15, 0.2) is 48.5 Å². The summed E-state index contributed by atoms with van der Waals surface area (Å²) in [5.41, 5.74) is -3.22. The van der Waals surface area contributed by atoms with Crippen molar-refractivity contribution in [1.82, 2.24) is 15.1 Å². The number of anilines is 1. The van der Waals surface area contributed by atoms with E-state index in [9.17, 15) is 35.9 Å². The SMILES string of the molecule is O=C(Nc1nnc(-c2ccccc2)s1)[C@@H]1CCCN1C(=O)c1cc(C(F)(F)F)cc(C(F)(F)F)c1. The van der Waals surface area contributed by atoms with E-state index < -0.39 is 46.9 Å². The quantitative estimate of drug-likeness (QED) is 0.468. The minimum Gasteiger partial charge on any atom is -0.327 e. The lowest BCUT2D eigenvalue weighted by Gasteiger charge is -2.24. The number of nitrogens with zero attached hydrogens (tertiary/aromatic N) is 3. The largest absolute Gasteiger partial charge is 0.416 e. The average molecular weight is 514 g/mol. The number of hydrogen-bond acceptors (Lipinski definition) is 5. The molecule has 1 aliphatic rings. The Labute approximate surface area is 198 Å². The van der Waals surface area contributed by atoms with Crippen LogP contribution in [0.3, 0.4) is 0 Å². The molecule has 35 heavy (non-hydrogen) atoms. The second-order valence-electron chi connectivity index (χ2n) is 7.72. The molecule has 0 saturated carbocycles. The van der Waals surface area contributed by atoms with Crippen molar-refractivity contribution in [3.05, 3.63) is 65.2 Å². The van der Waals surface area contributed by atoms with Gasteiger partial charge in [-0.3, -0.25) is 14.9 Å². The van der Waals surface area contributed by atoms with E-state index in [4.69, 9.17) is 0 Å². The van der Waals surface area contributed by atoms with Crippen LogP contribution in [0.5, 0.6) is 0 Å². The highest BCUT2D eigenvalue weighted by molar-refractivity contribution is 7.18. The molecular formula is C22H16F6N4O2S. The smallest absolute Gasteiger partial charge is 0.327 e. The van der Waals surface area contributed by atoms with Gasteiger partial charge >= 0.3 is 12.4 Å². The molecule has 2 heterocycles. The Morgan fingerprint density at radius 3 is 2.17 bits per heavy atom. The van der Waals surface area contributed by atoms with E-state index in [0.717, 1.165) is 21.8 Å². The molecule has 0 aliphatic carbocycles. The van der Waals surface area contributed by atoms with Crippen LogP contribution in [-0.2, 0) is 17.1 Å². The van der Waals surface area contributed by atoms with Crippen LogP contribution in [0.2, 0.25) is 0 Å². The molecule has 2 aromatic carbocycles. The van der Waals surface area contributed by atoms with Crippen molar-refractivity contribution >= 4 is 28.3 Å². The first-order valence-corrected chi connectivity index (χ1v) is 11.1. The topological polar surface area (TPSA) is 75.2 Å². The predicted molar refractivity (Wildman–Crippen MR) is 114 cm³/mol. The summed E-state index contributed by atoms with van der Waals surface area (Å²) >= 11 is 1.08. The zero-order valence-corrected chi connectivity index (χ0v) is 18.5. The Hall–Kier alpha value is -3.48. The monoisotopic (exact) mass is 514 g/mol. The first-order chi connectivity index (χ1) is 16.4. The second-order valence-corrected chi connectivity index (χ2v) is 8.70. The molecule has 1 saturated heterocycles. The van der Waals surface area contributed by atoms with Crippen molar-refractivity contribution in [1.29, 1.82) is 0 Å². The molecule has 1 fully saturated rings. The summed E-state index contributed by atoms with van der Waals surface area (Å²) in [6, 6.07) is 8.61. The Balaban J connectivity index is 1.55. The third kappa shape index (κ3) is 5.45. The number of aromatic nitrogens is 2. The molecule has 3 aromatic rings. The highest BCUT2D eigenvalue weighted by Gasteiger charge is 2.40. The van der Waals surface area contributed by atoms with Gasteiger partial charge in [0.1, 0.15) is 11.0 Å². The van der Waals surface area contributed by atoms with Crippen molar-refractivity contribution in [2.45, 2.75) is 31.2 Å². The summed E-state index contributed by atoms with van der Waals surface area (Å²) in [5.74, 6) is -1.75. The lowest BCUT2D eigenvalue weighted by molar-refractivity contribution is -0.143. The highest BCUT2D eigenvalue weighted by atomic mass is 32.1. The summed E-state index contributed by atoms with van der Waals surface area (Å²) < 4.78 is 79.1. The summed E-state index contributed by atoms with van der Waals surface area (Å²) in [5, 5.41) is 11.1. The van der Waals surface area contributed by atoms with Gasteiger partial charge in [-0.25, -0.2) is 0 Å². The zero-order valence-electron chi connectivity index (χ0n) is 17.7. The van der Waals surface area contributed by atoms with Crippen LogP contribution in [0.25, 0.3) is 10.6 Å². The van der Waals surface area contributed by atoms with Gasteiger partial charge in [0.2, 0.25) is 11.0 Å². The summed E-state index contributed by atoms with van der Waals surface area (Å²) in [7, 11) is 0. The maximum absolute atomic E-state index is 13.2. The molecule has 1 atom stereocenters. The van der Waals surface area contributed by atoms with E-state index in [-0.39, 0.29) is 24.2 Å². The minimum atomic E-state index is -5.09. The van der Waals surface area contributed by atoms with Crippen LogP contribution in [0, 0.1) is 0 Å². The van der Waals surface area contributed by atoms with Crippen molar-refractivity contribution in [2.75, 3.05) is 11.9 Å². The van der Waals surface area contributed by atoms with E-state index in [2.05, 4.69) is 15.5 Å². The first kappa shape index (κ1) is 24.6. The molecule has 0 unspecified atom stereocenters. The second kappa shape index (κ2) is 9.29. The van der Waals surface area contributed by atoms with Crippen LogP contribution in [0.1, 0.15) is 34.3 Å². The Kier molecular flexibility index (Phi) is 6.54. The fourth-order valence-electron chi connectivity index (χ4n) is 3.69. The number of likely N-dealkylation sites (tertiary alicyclic amines) is 1. The van der Waals surface area contributed by atoms with Gasteiger partial charge in [0, 0.05) is 17.7 Å². The number of alkyl halides is 6. The van der Waals surface area contributed by atoms with Gasteiger partial charge in [-0.05, 0) is 31.0 Å². The molecule has 13 heteroatoms. The average Bonchev–Trinajstić information content (AvgIpc) is 3.47. The van der Waals surface area contributed by atoms with E-state index >= 15 is 0 Å². The number of halogens is 6. The lowest BCUT2D eigenvalue weighted by atomic mass is 10.0. The Morgan fingerprint density at radius 1 is 0.943 bits per heavy atom.